The summed E-state index contributed by atoms with van der Waals surface area (Å²) in [6.07, 6.45) is 0.678. The zero-order valence-electron chi connectivity index (χ0n) is 11.6. The summed E-state index contributed by atoms with van der Waals surface area (Å²) < 4.78 is 36.1. The number of rotatable bonds is 5. The van der Waals surface area contributed by atoms with Crippen molar-refractivity contribution in [3.8, 4) is 0 Å². The van der Waals surface area contributed by atoms with Crippen molar-refractivity contribution in [2.45, 2.75) is 25.6 Å². The number of nitrogens with one attached hydrogen (secondary N) is 2. The number of carbonyl (C=O) groups is 2. The summed E-state index contributed by atoms with van der Waals surface area (Å²) >= 11 is 0. The third-order valence-electron chi connectivity index (χ3n) is 3.07. The molecule has 0 unspecified atom stereocenters. The Morgan fingerprint density at radius 3 is 2.36 bits per heavy atom. The molecule has 0 heterocycles. The fourth-order valence-corrected chi connectivity index (χ4v) is 1.68. The van der Waals surface area contributed by atoms with Gasteiger partial charge in [0, 0.05) is 12.2 Å². The van der Waals surface area contributed by atoms with Crippen molar-refractivity contribution in [2.24, 2.45) is 5.92 Å². The van der Waals surface area contributed by atoms with Crippen molar-refractivity contribution in [2.75, 3.05) is 5.32 Å². The number of hydrogen-bond acceptors (Lipinski definition) is 2. The van der Waals surface area contributed by atoms with E-state index in [0.717, 1.165) is 12.8 Å². The maximum Gasteiger partial charge on any atom is 0.471 e. The second kappa shape index (κ2) is 6.64. The summed E-state index contributed by atoms with van der Waals surface area (Å²) in [5.41, 5.74) is 1.04. The molecule has 1 fully saturated rings. The number of halogens is 3. The molecule has 0 radical (unpaired) electrons. The van der Waals surface area contributed by atoms with E-state index in [-0.39, 0.29) is 12.5 Å². The van der Waals surface area contributed by atoms with Crippen LogP contribution in [0.25, 0.3) is 0 Å². The quantitative estimate of drug-likeness (QED) is 0.821. The molecule has 1 aliphatic carbocycles. The van der Waals surface area contributed by atoms with Crippen LogP contribution in [0.15, 0.2) is 36.4 Å². The van der Waals surface area contributed by atoms with Gasteiger partial charge >= 0.3 is 12.1 Å². The number of hydrogen-bond donors (Lipinski definition) is 2. The van der Waals surface area contributed by atoms with Gasteiger partial charge in [-0.15, -0.1) is 0 Å². The predicted molar refractivity (Wildman–Crippen MR) is 74.8 cm³/mol. The molecule has 0 bridgehead atoms. The molecule has 1 saturated carbocycles. The van der Waals surface area contributed by atoms with Crippen molar-refractivity contribution in [3.63, 3.8) is 0 Å². The van der Waals surface area contributed by atoms with Crippen molar-refractivity contribution >= 4 is 17.5 Å². The van der Waals surface area contributed by atoms with Gasteiger partial charge in [0.25, 0.3) is 0 Å². The van der Waals surface area contributed by atoms with Gasteiger partial charge in [-0.25, -0.2) is 0 Å². The molecule has 0 aromatic heterocycles. The van der Waals surface area contributed by atoms with E-state index in [9.17, 15) is 22.8 Å². The lowest BCUT2D eigenvalue weighted by atomic mass is 10.2. The lowest BCUT2D eigenvalue weighted by Crippen LogP contribution is -2.36. The number of allylic oxidation sites excluding steroid dienone is 1. The molecule has 0 aliphatic heterocycles. The Morgan fingerprint density at radius 2 is 1.82 bits per heavy atom. The fraction of sp³-hybridized carbons (Fsp3) is 0.333. The van der Waals surface area contributed by atoms with Gasteiger partial charge in [-0.3, -0.25) is 9.59 Å². The third-order valence-corrected chi connectivity index (χ3v) is 3.07. The highest BCUT2D eigenvalue weighted by Crippen LogP contribution is 2.29. The number of anilines is 1. The van der Waals surface area contributed by atoms with Gasteiger partial charge in [0.1, 0.15) is 0 Å². The Hall–Kier alpha value is -2.31. The lowest BCUT2D eigenvalue weighted by molar-refractivity contribution is -0.173. The lowest BCUT2D eigenvalue weighted by Gasteiger charge is -2.08. The Balaban J connectivity index is 1.82. The Morgan fingerprint density at radius 1 is 1.18 bits per heavy atom. The number of alkyl halides is 3. The Bertz CT molecular complexity index is 575. The van der Waals surface area contributed by atoms with E-state index in [0.29, 0.717) is 17.2 Å². The summed E-state index contributed by atoms with van der Waals surface area (Å²) in [4.78, 5) is 22.3. The normalized spacial score (nSPS) is 14.9. The topological polar surface area (TPSA) is 58.2 Å². The molecule has 118 valence electrons. The van der Waals surface area contributed by atoms with Crippen LogP contribution in [-0.4, -0.2) is 18.0 Å². The zero-order chi connectivity index (χ0) is 16.2. The average Bonchev–Trinajstić information content (AvgIpc) is 3.27. The van der Waals surface area contributed by atoms with Crippen LogP contribution in [0.4, 0.5) is 18.9 Å². The van der Waals surface area contributed by atoms with Gasteiger partial charge in [-0.05, 0) is 42.5 Å². The molecule has 0 atom stereocenters. The van der Waals surface area contributed by atoms with E-state index >= 15 is 0 Å². The molecule has 22 heavy (non-hydrogen) atoms. The van der Waals surface area contributed by atoms with Gasteiger partial charge in [-0.2, -0.15) is 13.2 Å². The van der Waals surface area contributed by atoms with Crippen LogP contribution in [0.2, 0.25) is 0 Å². The smallest absolute Gasteiger partial charge is 0.344 e. The van der Waals surface area contributed by atoms with E-state index in [1.54, 1.807) is 17.4 Å². The summed E-state index contributed by atoms with van der Waals surface area (Å²) in [6.45, 7) is -0.228. The second-order valence-electron chi connectivity index (χ2n) is 5.06. The van der Waals surface area contributed by atoms with Crippen LogP contribution >= 0.6 is 0 Å². The van der Waals surface area contributed by atoms with Gasteiger partial charge in [0.05, 0.1) is 0 Å². The molecule has 0 saturated heterocycles. The number of benzene rings is 1. The Kier molecular flexibility index (Phi) is 4.85. The van der Waals surface area contributed by atoms with Crippen LogP contribution in [0.3, 0.4) is 0 Å². The molecule has 2 rings (SSSR count). The predicted octanol–water partition coefficient (Wildman–Crippen LogP) is 2.77. The minimum absolute atomic E-state index is 0.228. The fourth-order valence-electron chi connectivity index (χ4n) is 1.68. The first-order chi connectivity index (χ1) is 10.3. The average molecular weight is 312 g/mol. The number of carbonyl (C=O) groups excluding carboxylic acids is 2. The van der Waals surface area contributed by atoms with Gasteiger partial charge in [0.15, 0.2) is 0 Å². The molecule has 1 aliphatic rings. The molecular formula is C15H15F3N2O2. The number of amides is 2. The first-order valence-electron chi connectivity index (χ1n) is 6.78. The van der Waals surface area contributed by atoms with E-state index in [2.05, 4.69) is 5.32 Å². The highest BCUT2D eigenvalue weighted by Gasteiger charge is 2.38. The van der Waals surface area contributed by atoms with Crippen molar-refractivity contribution in [3.05, 3.63) is 42.0 Å². The molecule has 0 spiro atoms. The molecule has 4 nitrogen and oxygen atoms in total. The summed E-state index contributed by atoms with van der Waals surface area (Å²) in [7, 11) is 0. The largest absolute Gasteiger partial charge is 0.471 e. The van der Waals surface area contributed by atoms with Gasteiger partial charge in [-0.1, -0.05) is 18.2 Å². The van der Waals surface area contributed by atoms with E-state index < -0.39 is 12.1 Å². The SMILES string of the molecule is O=C(/C=C/C1CC1)Nc1ccc(CNC(=O)C(F)(F)F)cc1. The van der Waals surface area contributed by atoms with E-state index in [4.69, 9.17) is 0 Å². The third kappa shape index (κ3) is 5.23. The summed E-state index contributed by atoms with van der Waals surface area (Å²) in [6, 6.07) is 6.21. The van der Waals surface area contributed by atoms with Crippen LogP contribution in [0.5, 0.6) is 0 Å². The van der Waals surface area contributed by atoms with Crippen LogP contribution in [0.1, 0.15) is 18.4 Å². The summed E-state index contributed by atoms with van der Waals surface area (Å²) in [5.74, 6) is -1.72. The van der Waals surface area contributed by atoms with Crippen molar-refractivity contribution < 1.29 is 22.8 Å². The molecule has 2 amide bonds. The van der Waals surface area contributed by atoms with Gasteiger partial charge in [0.2, 0.25) is 5.91 Å². The first kappa shape index (κ1) is 16.1. The standard InChI is InChI=1S/C15H15F3N2O2/c16-15(17,18)14(22)19-9-11-3-6-12(7-4-11)20-13(21)8-5-10-1-2-10/h3-8,10H,1-2,9H2,(H,19,22)(H,20,21)/b8-5+. The molecule has 1 aromatic rings. The molecule has 1 aromatic carbocycles. The molecule has 7 heteroatoms. The van der Waals surface area contributed by atoms with Crippen LogP contribution in [0, 0.1) is 5.92 Å². The van der Waals surface area contributed by atoms with Crippen LogP contribution < -0.4 is 10.6 Å². The minimum Gasteiger partial charge on any atom is -0.344 e. The zero-order valence-corrected chi connectivity index (χ0v) is 11.6. The van der Waals surface area contributed by atoms with Gasteiger partial charge < -0.3 is 10.6 Å². The Labute approximate surface area is 125 Å². The minimum atomic E-state index is -4.89. The second-order valence-corrected chi connectivity index (χ2v) is 5.06. The highest BCUT2D eigenvalue weighted by atomic mass is 19.4. The first-order valence-corrected chi connectivity index (χ1v) is 6.78. The summed E-state index contributed by atoms with van der Waals surface area (Å²) in [5, 5.41) is 4.42. The molecule has 2 N–H and O–H groups in total. The van der Waals surface area contributed by atoms with E-state index in [1.165, 1.54) is 18.2 Å². The molecular weight excluding hydrogens is 297 g/mol. The van der Waals surface area contributed by atoms with Crippen molar-refractivity contribution in [1.82, 2.24) is 5.32 Å². The van der Waals surface area contributed by atoms with E-state index in [1.807, 2.05) is 6.08 Å². The monoisotopic (exact) mass is 312 g/mol. The maximum atomic E-state index is 12.0. The van der Waals surface area contributed by atoms with Crippen LogP contribution in [-0.2, 0) is 16.1 Å². The maximum absolute atomic E-state index is 12.0. The van der Waals surface area contributed by atoms with Crippen molar-refractivity contribution in [1.29, 1.82) is 0 Å². The highest BCUT2D eigenvalue weighted by molar-refractivity contribution is 5.99.